The quantitative estimate of drug-likeness (QED) is 0.729. The molecule has 0 fully saturated rings. The number of ether oxygens (including phenoxy) is 1. The summed E-state index contributed by atoms with van der Waals surface area (Å²) >= 11 is 3.25. The van der Waals surface area contributed by atoms with Gasteiger partial charge in [-0.3, -0.25) is 0 Å². The zero-order chi connectivity index (χ0) is 17.6. The molecule has 1 aromatic carbocycles. The largest absolute Gasteiger partial charge is 0.444 e. The lowest BCUT2D eigenvalue weighted by molar-refractivity contribution is 0.0297. The molecule has 4 nitrogen and oxygen atoms in total. The summed E-state index contributed by atoms with van der Waals surface area (Å²) in [5.41, 5.74) is 0.144. The van der Waals surface area contributed by atoms with Gasteiger partial charge in [0.2, 0.25) is 0 Å². The summed E-state index contributed by atoms with van der Waals surface area (Å²) in [5, 5.41) is 3.27. The summed E-state index contributed by atoms with van der Waals surface area (Å²) in [6.07, 6.45) is 0.433. The van der Waals surface area contributed by atoms with Crippen molar-refractivity contribution in [2.45, 2.75) is 45.8 Å². The number of hydrogen-bond donors (Lipinski definition) is 1. The van der Waals surface area contributed by atoms with Crippen molar-refractivity contribution in [1.82, 2.24) is 10.2 Å². The van der Waals surface area contributed by atoms with E-state index in [0.29, 0.717) is 18.7 Å². The number of halogens is 2. The van der Waals surface area contributed by atoms with Gasteiger partial charge in [-0.25, -0.2) is 9.18 Å². The van der Waals surface area contributed by atoms with Crippen molar-refractivity contribution < 1.29 is 13.9 Å². The molecule has 0 saturated carbocycles. The fourth-order valence-corrected chi connectivity index (χ4v) is 2.36. The normalized spacial score (nSPS) is 12.8. The first-order chi connectivity index (χ1) is 10.6. The molecule has 6 heteroatoms. The van der Waals surface area contributed by atoms with Gasteiger partial charge >= 0.3 is 6.09 Å². The van der Waals surface area contributed by atoms with Gasteiger partial charge in [-0.2, -0.15) is 0 Å². The van der Waals surface area contributed by atoms with Gasteiger partial charge in [-0.1, -0.05) is 22.0 Å². The third-order valence-corrected chi connectivity index (χ3v) is 3.75. The molecule has 0 saturated heterocycles. The predicted octanol–water partition coefficient (Wildman–Crippen LogP) is 4.50. The first-order valence-electron chi connectivity index (χ1n) is 7.72. The molecule has 0 spiro atoms. The van der Waals surface area contributed by atoms with Crippen molar-refractivity contribution in [3.63, 3.8) is 0 Å². The standard InChI is InChI=1S/C17H26BrFN2O2/c1-12(14-8-7-13(18)11-15(14)19)20-9-6-10-21(5)16(22)23-17(2,3)4/h7-8,11-12,20H,6,9-10H2,1-5H3. The molecule has 1 unspecified atom stereocenters. The number of rotatable bonds is 6. The Morgan fingerprint density at radius 2 is 2.09 bits per heavy atom. The van der Waals surface area contributed by atoms with Crippen LogP contribution in [-0.4, -0.2) is 36.7 Å². The SMILES string of the molecule is CC(NCCCN(C)C(=O)OC(C)(C)C)c1ccc(Br)cc1F. The maximum Gasteiger partial charge on any atom is 0.410 e. The monoisotopic (exact) mass is 388 g/mol. The molecule has 0 aromatic heterocycles. The molecule has 1 rings (SSSR count). The molecule has 0 aliphatic heterocycles. The van der Waals surface area contributed by atoms with Crippen LogP contribution < -0.4 is 5.32 Å². The van der Waals surface area contributed by atoms with Crippen LogP contribution in [0.5, 0.6) is 0 Å². The summed E-state index contributed by atoms with van der Waals surface area (Å²) in [4.78, 5) is 13.4. The van der Waals surface area contributed by atoms with Crippen LogP contribution in [0.25, 0.3) is 0 Å². The van der Waals surface area contributed by atoms with Crippen molar-refractivity contribution in [2.24, 2.45) is 0 Å². The van der Waals surface area contributed by atoms with Gasteiger partial charge in [0.25, 0.3) is 0 Å². The molecule has 23 heavy (non-hydrogen) atoms. The Balaban J connectivity index is 2.35. The molecular weight excluding hydrogens is 363 g/mol. The van der Waals surface area contributed by atoms with E-state index in [-0.39, 0.29) is 18.0 Å². The van der Waals surface area contributed by atoms with Gasteiger partial charge < -0.3 is 15.0 Å². The number of amides is 1. The van der Waals surface area contributed by atoms with E-state index in [1.165, 1.54) is 6.07 Å². The highest BCUT2D eigenvalue weighted by Crippen LogP contribution is 2.20. The van der Waals surface area contributed by atoms with Crippen molar-refractivity contribution in [1.29, 1.82) is 0 Å². The molecular formula is C17H26BrFN2O2. The van der Waals surface area contributed by atoms with E-state index in [9.17, 15) is 9.18 Å². The zero-order valence-electron chi connectivity index (χ0n) is 14.5. The maximum absolute atomic E-state index is 13.9. The van der Waals surface area contributed by atoms with Crippen LogP contribution in [0.2, 0.25) is 0 Å². The number of nitrogens with zero attached hydrogens (tertiary/aromatic N) is 1. The number of hydrogen-bond acceptors (Lipinski definition) is 3. The van der Waals surface area contributed by atoms with Gasteiger partial charge in [0.05, 0.1) is 0 Å². The van der Waals surface area contributed by atoms with Crippen LogP contribution in [0.1, 0.15) is 45.7 Å². The van der Waals surface area contributed by atoms with E-state index in [2.05, 4.69) is 21.2 Å². The molecule has 1 amide bonds. The molecule has 1 atom stereocenters. The highest BCUT2D eigenvalue weighted by atomic mass is 79.9. The fraction of sp³-hybridized carbons (Fsp3) is 0.588. The van der Waals surface area contributed by atoms with Crippen molar-refractivity contribution in [3.8, 4) is 0 Å². The van der Waals surface area contributed by atoms with Gasteiger partial charge in [0, 0.05) is 29.7 Å². The third-order valence-electron chi connectivity index (χ3n) is 3.25. The Hall–Kier alpha value is -1.14. The Kier molecular flexibility index (Phi) is 7.48. The topological polar surface area (TPSA) is 41.6 Å². The lowest BCUT2D eigenvalue weighted by atomic mass is 10.1. The van der Waals surface area contributed by atoms with Gasteiger partial charge in [-0.05, 0) is 52.8 Å². The summed E-state index contributed by atoms with van der Waals surface area (Å²) in [6, 6.07) is 4.97. The van der Waals surface area contributed by atoms with Gasteiger partial charge in [0.1, 0.15) is 11.4 Å². The van der Waals surface area contributed by atoms with Crippen LogP contribution >= 0.6 is 15.9 Å². The van der Waals surface area contributed by atoms with E-state index in [1.807, 2.05) is 33.8 Å². The zero-order valence-corrected chi connectivity index (χ0v) is 16.0. The second kappa shape index (κ2) is 8.64. The fourth-order valence-electron chi connectivity index (χ4n) is 2.03. The molecule has 0 radical (unpaired) electrons. The van der Waals surface area contributed by atoms with E-state index >= 15 is 0 Å². The molecule has 0 bridgehead atoms. The number of benzene rings is 1. The molecule has 130 valence electrons. The lowest BCUT2D eigenvalue weighted by Gasteiger charge is -2.24. The maximum atomic E-state index is 13.9. The molecule has 0 aliphatic carbocycles. The van der Waals surface area contributed by atoms with Crippen molar-refractivity contribution in [3.05, 3.63) is 34.1 Å². The minimum atomic E-state index is -0.489. The highest BCUT2D eigenvalue weighted by Gasteiger charge is 2.19. The van der Waals surface area contributed by atoms with E-state index in [4.69, 9.17) is 4.74 Å². The average molecular weight is 389 g/mol. The molecule has 0 aliphatic rings. The van der Waals surface area contributed by atoms with Crippen LogP contribution in [0.15, 0.2) is 22.7 Å². The van der Waals surface area contributed by atoms with Gasteiger partial charge in [0.15, 0.2) is 0 Å². The Morgan fingerprint density at radius 3 is 2.65 bits per heavy atom. The summed E-state index contributed by atoms with van der Waals surface area (Å²) in [5.74, 6) is -0.231. The first kappa shape index (κ1) is 19.9. The number of carbonyl (C=O) groups excluding carboxylic acids is 1. The number of carbonyl (C=O) groups is 1. The average Bonchev–Trinajstić information content (AvgIpc) is 2.41. The summed E-state index contributed by atoms with van der Waals surface area (Å²) < 4.78 is 19.9. The minimum absolute atomic E-state index is 0.0880. The smallest absolute Gasteiger partial charge is 0.410 e. The van der Waals surface area contributed by atoms with E-state index in [0.717, 1.165) is 10.9 Å². The van der Waals surface area contributed by atoms with Crippen molar-refractivity contribution >= 4 is 22.0 Å². The number of nitrogens with one attached hydrogen (secondary N) is 1. The lowest BCUT2D eigenvalue weighted by Crippen LogP contribution is -2.35. The second-order valence-corrected chi connectivity index (χ2v) is 7.51. The van der Waals surface area contributed by atoms with Crippen LogP contribution in [0, 0.1) is 5.82 Å². The second-order valence-electron chi connectivity index (χ2n) is 6.60. The van der Waals surface area contributed by atoms with Crippen LogP contribution in [-0.2, 0) is 4.74 Å². The van der Waals surface area contributed by atoms with Crippen molar-refractivity contribution in [2.75, 3.05) is 20.1 Å². The Morgan fingerprint density at radius 1 is 1.43 bits per heavy atom. The Labute approximate surface area is 146 Å². The highest BCUT2D eigenvalue weighted by molar-refractivity contribution is 9.10. The first-order valence-corrected chi connectivity index (χ1v) is 8.52. The molecule has 0 heterocycles. The van der Waals surface area contributed by atoms with E-state index in [1.54, 1.807) is 18.0 Å². The van der Waals surface area contributed by atoms with E-state index < -0.39 is 5.60 Å². The summed E-state index contributed by atoms with van der Waals surface area (Å²) in [7, 11) is 1.71. The third kappa shape index (κ3) is 7.31. The van der Waals surface area contributed by atoms with Gasteiger partial charge in [-0.15, -0.1) is 0 Å². The summed E-state index contributed by atoms with van der Waals surface area (Å²) in [6.45, 7) is 8.71. The molecule has 1 N–H and O–H groups in total. The predicted molar refractivity (Wildman–Crippen MR) is 94.0 cm³/mol. The van der Waals surface area contributed by atoms with Crippen LogP contribution in [0.4, 0.5) is 9.18 Å². The van der Waals surface area contributed by atoms with Crippen LogP contribution in [0.3, 0.4) is 0 Å². The molecule has 1 aromatic rings. The Bertz CT molecular complexity index is 532. The minimum Gasteiger partial charge on any atom is -0.444 e.